The third-order valence-electron chi connectivity index (χ3n) is 4.14. The van der Waals surface area contributed by atoms with Gasteiger partial charge < -0.3 is 8.74 Å². The Bertz CT molecular complexity index is 1320. The molecular formula is C21H21NO8S3. The molecule has 0 atom stereocenters. The zero-order valence-electron chi connectivity index (χ0n) is 17.9. The summed E-state index contributed by atoms with van der Waals surface area (Å²) < 4.78 is 61.8. The van der Waals surface area contributed by atoms with Gasteiger partial charge in [-0.25, -0.2) is 8.42 Å². The van der Waals surface area contributed by atoms with E-state index in [0.717, 1.165) is 17.7 Å². The molecule has 12 heteroatoms. The van der Waals surface area contributed by atoms with Crippen molar-refractivity contribution in [3.63, 3.8) is 0 Å². The minimum atomic E-state index is -4.94. The molecule has 0 aliphatic carbocycles. The van der Waals surface area contributed by atoms with Gasteiger partial charge in [0.25, 0.3) is 0 Å². The molecule has 0 radical (unpaired) electrons. The van der Waals surface area contributed by atoms with Crippen LogP contribution in [0, 0.1) is 17.0 Å². The van der Waals surface area contributed by atoms with E-state index in [4.69, 9.17) is 4.18 Å². The number of hydrogen-bond donors (Lipinski definition) is 0. The molecule has 3 rings (SSSR count). The zero-order chi connectivity index (χ0) is 24.8. The van der Waals surface area contributed by atoms with Gasteiger partial charge in [-0.1, -0.05) is 35.9 Å². The number of aryl methyl sites for hydroxylation is 1. The quantitative estimate of drug-likeness (QED) is 0.161. The van der Waals surface area contributed by atoms with Gasteiger partial charge in [-0.15, -0.1) is 0 Å². The van der Waals surface area contributed by atoms with Gasteiger partial charge in [0.05, 0.1) is 9.82 Å². The Morgan fingerprint density at radius 1 is 0.848 bits per heavy atom. The highest BCUT2D eigenvalue weighted by Crippen LogP contribution is 2.32. The Kier molecular flexibility index (Phi) is 8.61. The van der Waals surface area contributed by atoms with Crippen LogP contribution in [0.3, 0.4) is 0 Å². The average molecular weight is 512 g/mol. The molecule has 0 aliphatic rings. The van der Waals surface area contributed by atoms with Gasteiger partial charge in [0.1, 0.15) is 27.5 Å². The molecule has 0 bridgehead atoms. The molecule has 0 fully saturated rings. The van der Waals surface area contributed by atoms with Crippen molar-refractivity contribution in [3.8, 4) is 5.75 Å². The second-order valence-corrected chi connectivity index (χ2v) is 11.9. The molecule has 0 heterocycles. The standard InChI is InChI=1S/C13H11NO8S2.C8H11S/c1-9-2-4-10(5-3-9)24(20,21)22-13-7-6-11(23(17,18)19)8-12(13)14(15)16;1-9(2)8-6-4-3-5-7-8/h2-8H,1H3,(H,17,18,19);3-7H,1-2H3/q;+1/p-1. The first-order chi connectivity index (χ1) is 15.3. The summed E-state index contributed by atoms with van der Waals surface area (Å²) >= 11 is 0. The first-order valence-corrected chi connectivity index (χ1v) is 14.0. The Hall–Kier alpha value is -2.93. The Morgan fingerprint density at radius 3 is 1.85 bits per heavy atom. The van der Waals surface area contributed by atoms with Crippen molar-refractivity contribution >= 4 is 36.8 Å². The predicted molar refractivity (Wildman–Crippen MR) is 124 cm³/mol. The lowest BCUT2D eigenvalue weighted by Crippen LogP contribution is -2.11. The highest BCUT2D eigenvalue weighted by atomic mass is 32.2. The maximum Gasteiger partial charge on any atom is 0.339 e. The summed E-state index contributed by atoms with van der Waals surface area (Å²) in [5.41, 5.74) is -0.160. The molecule has 0 N–H and O–H groups in total. The van der Waals surface area contributed by atoms with E-state index in [1.807, 2.05) is 0 Å². The van der Waals surface area contributed by atoms with Crippen LogP contribution in [0.1, 0.15) is 5.56 Å². The largest absolute Gasteiger partial charge is 0.744 e. The van der Waals surface area contributed by atoms with Gasteiger partial charge in [0.15, 0.2) is 4.90 Å². The van der Waals surface area contributed by atoms with Crippen molar-refractivity contribution < 1.29 is 30.5 Å². The van der Waals surface area contributed by atoms with Crippen molar-refractivity contribution in [3.05, 3.63) is 88.5 Å². The Morgan fingerprint density at radius 2 is 1.39 bits per heavy atom. The lowest BCUT2D eigenvalue weighted by atomic mass is 10.2. The maximum atomic E-state index is 12.1. The molecule has 176 valence electrons. The van der Waals surface area contributed by atoms with E-state index in [9.17, 15) is 31.5 Å². The SMILES string of the molecule is C[S+](C)c1ccccc1.Cc1ccc(S(=O)(=O)Oc2ccc(S(=O)(=O)[O-])cc2[N+](=O)[O-])cc1. The maximum absolute atomic E-state index is 12.1. The first-order valence-electron chi connectivity index (χ1n) is 9.19. The lowest BCUT2D eigenvalue weighted by molar-refractivity contribution is -0.385. The molecular weight excluding hydrogens is 490 g/mol. The molecule has 0 saturated carbocycles. The second-order valence-electron chi connectivity index (χ2n) is 6.82. The van der Waals surface area contributed by atoms with E-state index in [-0.39, 0.29) is 4.90 Å². The highest BCUT2D eigenvalue weighted by Gasteiger charge is 2.24. The van der Waals surface area contributed by atoms with E-state index in [0.29, 0.717) is 17.0 Å². The molecule has 3 aromatic carbocycles. The summed E-state index contributed by atoms with van der Waals surface area (Å²) in [5.74, 6) is -0.701. The molecule has 0 amide bonds. The van der Waals surface area contributed by atoms with Crippen LogP contribution in [0.2, 0.25) is 0 Å². The summed E-state index contributed by atoms with van der Waals surface area (Å²) in [6.45, 7) is 1.74. The van der Waals surface area contributed by atoms with Gasteiger partial charge >= 0.3 is 15.8 Å². The van der Waals surface area contributed by atoms with Gasteiger partial charge in [-0.2, -0.15) is 8.42 Å². The molecule has 0 spiro atoms. The number of nitro groups is 1. The summed E-state index contributed by atoms with van der Waals surface area (Å²) in [6, 6.07) is 18.0. The van der Waals surface area contributed by atoms with Crippen LogP contribution in [0.15, 0.2) is 87.5 Å². The molecule has 0 aromatic heterocycles. The van der Waals surface area contributed by atoms with Gasteiger partial charge in [-0.05, 0) is 43.3 Å². The smallest absolute Gasteiger partial charge is 0.339 e. The fourth-order valence-corrected chi connectivity index (χ4v) is 4.56. The van der Waals surface area contributed by atoms with E-state index >= 15 is 0 Å². The Labute approximate surface area is 195 Å². The predicted octanol–water partition coefficient (Wildman–Crippen LogP) is 3.50. The number of rotatable bonds is 6. The van der Waals surface area contributed by atoms with Crippen LogP contribution >= 0.6 is 0 Å². The minimum Gasteiger partial charge on any atom is -0.744 e. The summed E-state index contributed by atoms with van der Waals surface area (Å²) in [7, 11) is -8.88. The summed E-state index contributed by atoms with van der Waals surface area (Å²) in [4.78, 5) is 10.3. The van der Waals surface area contributed by atoms with E-state index in [2.05, 4.69) is 42.8 Å². The van der Waals surface area contributed by atoms with Crippen LogP contribution in [-0.4, -0.2) is 38.8 Å². The Balaban J connectivity index is 0.000000357. The minimum absolute atomic E-state index is 0.233. The molecule has 3 aromatic rings. The monoisotopic (exact) mass is 511 g/mol. The van der Waals surface area contributed by atoms with Crippen LogP contribution in [0.5, 0.6) is 5.75 Å². The van der Waals surface area contributed by atoms with Crippen molar-refractivity contribution in [1.82, 2.24) is 0 Å². The van der Waals surface area contributed by atoms with Crippen molar-refractivity contribution in [1.29, 1.82) is 0 Å². The number of benzene rings is 3. The van der Waals surface area contributed by atoms with Crippen LogP contribution in [-0.2, 0) is 31.1 Å². The first kappa shape index (κ1) is 26.3. The fraction of sp³-hybridized carbons (Fsp3) is 0.143. The lowest BCUT2D eigenvalue weighted by Gasteiger charge is -2.10. The fourth-order valence-electron chi connectivity index (χ4n) is 2.43. The topological polar surface area (TPSA) is 144 Å². The van der Waals surface area contributed by atoms with Gasteiger partial charge in [0.2, 0.25) is 5.75 Å². The number of nitro benzene ring substituents is 1. The number of hydrogen-bond acceptors (Lipinski definition) is 8. The second kappa shape index (κ2) is 10.8. The average Bonchev–Trinajstić information content (AvgIpc) is 2.74. The van der Waals surface area contributed by atoms with Crippen LogP contribution in [0.25, 0.3) is 0 Å². The molecule has 0 aliphatic heterocycles. The third-order valence-corrected chi connectivity index (χ3v) is 7.43. The van der Waals surface area contributed by atoms with E-state index in [1.54, 1.807) is 6.92 Å². The zero-order valence-corrected chi connectivity index (χ0v) is 20.3. The molecule has 33 heavy (non-hydrogen) atoms. The molecule has 9 nitrogen and oxygen atoms in total. The van der Waals surface area contributed by atoms with E-state index in [1.165, 1.54) is 29.2 Å². The van der Waals surface area contributed by atoms with Crippen molar-refractivity contribution in [2.75, 3.05) is 12.5 Å². The molecule has 0 saturated heterocycles. The van der Waals surface area contributed by atoms with Crippen LogP contribution in [0.4, 0.5) is 5.69 Å². The van der Waals surface area contributed by atoms with Gasteiger partial charge in [0, 0.05) is 17.0 Å². The molecule has 0 unspecified atom stereocenters. The highest BCUT2D eigenvalue weighted by molar-refractivity contribution is 7.95. The summed E-state index contributed by atoms with van der Waals surface area (Å²) in [5, 5.41) is 11.0. The van der Waals surface area contributed by atoms with Crippen molar-refractivity contribution in [2.45, 2.75) is 21.6 Å². The van der Waals surface area contributed by atoms with E-state index < -0.39 is 41.5 Å². The normalized spacial score (nSPS) is 11.4. The third kappa shape index (κ3) is 7.56. The van der Waals surface area contributed by atoms with Crippen LogP contribution < -0.4 is 4.18 Å². The van der Waals surface area contributed by atoms with Crippen molar-refractivity contribution in [2.24, 2.45) is 0 Å². The van der Waals surface area contributed by atoms with Gasteiger partial charge in [-0.3, -0.25) is 10.1 Å². The number of nitrogens with zero attached hydrogens (tertiary/aromatic N) is 1. The summed E-state index contributed by atoms with van der Waals surface area (Å²) in [6.07, 6.45) is 4.46.